The Kier molecular flexibility index (Phi) is 6.62. The molecule has 0 radical (unpaired) electrons. The van der Waals surface area contributed by atoms with Crippen LogP contribution in [0, 0.1) is 5.92 Å². The van der Waals surface area contributed by atoms with Crippen molar-refractivity contribution in [2.45, 2.75) is 26.7 Å². The zero-order valence-electron chi connectivity index (χ0n) is 11.9. The minimum atomic E-state index is -0.788. The molecule has 1 aliphatic rings. The Labute approximate surface area is 114 Å². The van der Waals surface area contributed by atoms with Gasteiger partial charge >= 0.3 is 12.0 Å². The van der Waals surface area contributed by atoms with Crippen molar-refractivity contribution < 1.29 is 14.7 Å². The number of hydrogen-bond acceptors (Lipinski definition) is 3. The highest BCUT2D eigenvalue weighted by atomic mass is 16.4. The van der Waals surface area contributed by atoms with E-state index in [-0.39, 0.29) is 18.4 Å². The van der Waals surface area contributed by atoms with Crippen LogP contribution in [0.2, 0.25) is 0 Å². The molecular weight excluding hydrogens is 246 g/mol. The lowest BCUT2D eigenvalue weighted by Crippen LogP contribution is -2.54. The van der Waals surface area contributed by atoms with Crippen LogP contribution in [-0.4, -0.2) is 66.2 Å². The topological polar surface area (TPSA) is 72.9 Å². The van der Waals surface area contributed by atoms with Crippen molar-refractivity contribution in [3.8, 4) is 0 Å². The number of urea groups is 1. The fourth-order valence-corrected chi connectivity index (χ4v) is 2.26. The van der Waals surface area contributed by atoms with Gasteiger partial charge in [-0.15, -0.1) is 0 Å². The minimum Gasteiger partial charge on any atom is -0.481 e. The second kappa shape index (κ2) is 7.99. The van der Waals surface area contributed by atoms with E-state index in [1.165, 1.54) is 0 Å². The molecule has 0 aromatic rings. The molecule has 0 aromatic carbocycles. The predicted molar refractivity (Wildman–Crippen MR) is 73.1 cm³/mol. The summed E-state index contributed by atoms with van der Waals surface area (Å²) in [6.45, 7) is 9.13. The third-order valence-electron chi connectivity index (χ3n) is 3.53. The Morgan fingerprint density at radius 3 is 2.47 bits per heavy atom. The SMILES string of the molecule is CCN(CC)CCCNC(=O)N1CC(CC(=O)O)C1. The minimum absolute atomic E-state index is 0.0683. The monoisotopic (exact) mass is 271 g/mol. The fraction of sp³-hybridized carbons (Fsp3) is 0.846. The number of likely N-dealkylation sites (tertiary alicyclic amines) is 1. The number of carboxylic acid groups (broad SMARTS) is 1. The van der Waals surface area contributed by atoms with Gasteiger partial charge in [-0.2, -0.15) is 0 Å². The van der Waals surface area contributed by atoms with Crippen LogP contribution >= 0.6 is 0 Å². The molecular formula is C13H25N3O3. The van der Waals surface area contributed by atoms with Crippen molar-refractivity contribution in [1.82, 2.24) is 15.1 Å². The summed E-state index contributed by atoms with van der Waals surface area (Å²) >= 11 is 0. The molecule has 0 atom stereocenters. The fourth-order valence-electron chi connectivity index (χ4n) is 2.26. The highest BCUT2D eigenvalue weighted by Crippen LogP contribution is 2.18. The van der Waals surface area contributed by atoms with Gasteiger partial charge < -0.3 is 20.2 Å². The molecule has 6 nitrogen and oxygen atoms in total. The van der Waals surface area contributed by atoms with Gasteiger partial charge in [0.1, 0.15) is 0 Å². The zero-order chi connectivity index (χ0) is 14.3. The Morgan fingerprint density at radius 1 is 1.32 bits per heavy atom. The molecule has 2 N–H and O–H groups in total. The molecule has 0 spiro atoms. The molecule has 1 rings (SSSR count). The lowest BCUT2D eigenvalue weighted by atomic mass is 9.97. The van der Waals surface area contributed by atoms with Crippen LogP contribution in [0.1, 0.15) is 26.7 Å². The third-order valence-corrected chi connectivity index (χ3v) is 3.53. The smallest absolute Gasteiger partial charge is 0.317 e. The molecule has 1 heterocycles. The van der Waals surface area contributed by atoms with Crippen molar-refractivity contribution in [3.05, 3.63) is 0 Å². The average molecular weight is 271 g/mol. The molecule has 6 heteroatoms. The second-order valence-electron chi connectivity index (χ2n) is 4.98. The van der Waals surface area contributed by atoms with Gasteiger partial charge in [0.15, 0.2) is 0 Å². The number of carbonyl (C=O) groups is 2. The van der Waals surface area contributed by atoms with Gasteiger partial charge in [-0.05, 0) is 26.1 Å². The highest BCUT2D eigenvalue weighted by molar-refractivity contribution is 5.75. The number of carbonyl (C=O) groups excluding carboxylic acids is 1. The maximum Gasteiger partial charge on any atom is 0.317 e. The maximum absolute atomic E-state index is 11.7. The highest BCUT2D eigenvalue weighted by Gasteiger charge is 2.31. The number of aliphatic carboxylic acids is 1. The Bertz CT molecular complexity index is 300. The summed E-state index contributed by atoms with van der Waals surface area (Å²) in [6.07, 6.45) is 1.10. The number of rotatable bonds is 8. The summed E-state index contributed by atoms with van der Waals surface area (Å²) in [6, 6.07) is -0.0683. The van der Waals surface area contributed by atoms with Gasteiger partial charge in [0.2, 0.25) is 0 Å². The van der Waals surface area contributed by atoms with Crippen molar-refractivity contribution >= 4 is 12.0 Å². The summed E-state index contributed by atoms with van der Waals surface area (Å²) in [7, 11) is 0. The van der Waals surface area contributed by atoms with Crippen molar-refractivity contribution in [3.63, 3.8) is 0 Å². The Morgan fingerprint density at radius 2 is 1.95 bits per heavy atom. The summed E-state index contributed by atoms with van der Waals surface area (Å²) in [5.41, 5.74) is 0. The van der Waals surface area contributed by atoms with E-state index in [1.54, 1.807) is 4.90 Å². The molecule has 0 aromatic heterocycles. The molecule has 0 unspecified atom stereocenters. The van der Waals surface area contributed by atoms with Crippen LogP contribution in [0.3, 0.4) is 0 Å². The van der Waals surface area contributed by atoms with Gasteiger partial charge in [-0.3, -0.25) is 4.79 Å². The lowest BCUT2D eigenvalue weighted by Gasteiger charge is -2.38. The molecule has 110 valence electrons. The lowest BCUT2D eigenvalue weighted by molar-refractivity contribution is -0.139. The van der Waals surface area contributed by atoms with Crippen LogP contribution in [0.15, 0.2) is 0 Å². The molecule has 2 amide bonds. The van der Waals surface area contributed by atoms with Crippen molar-refractivity contribution in [2.75, 3.05) is 39.3 Å². The first-order valence-electron chi connectivity index (χ1n) is 7.03. The molecule has 1 saturated heterocycles. The Hall–Kier alpha value is -1.30. The predicted octanol–water partition coefficient (Wildman–Crippen LogP) is 0.834. The van der Waals surface area contributed by atoms with E-state index < -0.39 is 5.97 Å². The molecule has 0 saturated carbocycles. The van der Waals surface area contributed by atoms with E-state index in [1.807, 2.05) is 0 Å². The summed E-state index contributed by atoms with van der Waals surface area (Å²) in [4.78, 5) is 26.2. The van der Waals surface area contributed by atoms with Crippen LogP contribution < -0.4 is 5.32 Å². The standard InChI is InChI=1S/C13H25N3O3/c1-3-15(4-2)7-5-6-14-13(19)16-9-11(10-16)8-12(17)18/h11H,3-10H2,1-2H3,(H,14,19)(H,17,18). The van der Waals surface area contributed by atoms with E-state index >= 15 is 0 Å². The first-order valence-corrected chi connectivity index (χ1v) is 7.03. The molecule has 1 fully saturated rings. The van der Waals surface area contributed by atoms with E-state index in [2.05, 4.69) is 24.1 Å². The Balaban J connectivity index is 2.05. The second-order valence-corrected chi connectivity index (χ2v) is 4.98. The number of nitrogens with one attached hydrogen (secondary N) is 1. The average Bonchev–Trinajstić information content (AvgIpc) is 2.33. The summed E-state index contributed by atoms with van der Waals surface area (Å²) in [5.74, 6) is -0.664. The zero-order valence-corrected chi connectivity index (χ0v) is 11.9. The van der Waals surface area contributed by atoms with Gasteiger partial charge in [0.25, 0.3) is 0 Å². The number of carboxylic acids is 1. The van der Waals surface area contributed by atoms with Crippen molar-refractivity contribution in [2.24, 2.45) is 5.92 Å². The molecule has 0 bridgehead atoms. The van der Waals surface area contributed by atoms with Crippen molar-refractivity contribution in [1.29, 1.82) is 0 Å². The van der Waals surface area contributed by atoms with Gasteiger partial charge in [0.05, 0.1) is 6.42 Å². The largest absolute Gasteiger partial charge is 0.481 e. The molecule has 1 aliphatic heterocycles. The maximum atomic E-state index is 11.7. The van der Waals surface area contributed by atoms with Crippen LogP contribution in [-0.2, 0) is 4.79 Å². The normalized spacial score (nSPS) is 15.4. The summed E-state index contributed by atoms with van der Waals surface area (Å²) < 4.78 is 0. The van der Waals surface area contributed by atoms with Gasteiger partial charge in [-0.1, -0.05) is 13.8 Å². The number of hydrogen-bond donors (Lipinski definition) is 2. The summed E-state index contributed by atoms with van der Waals surface area (Å²) in [5, 5.41) is 11.5. The quantitative estimate of drug-likeness (QED) is 0.642. The van der Waals surface area contributed by atoms with E-state index in [4.69, 9.17) is 5.11 Å². The first kappa shape index (κ1) is 15.8. The van der Waals surface area contributed by atoms with Gasteiger partial charge in [0, 0.05) is 25.6 Å². The third kappa shape index (κ3) is 5.46. The number of nitrogens with zero attached hydrogens (tertiary/aromatic N) is 2. The van der Waals surface area contributed by atoms with E-state index in [9.17, 15) is 9.59 Å². The van der Waals surface area contributed by atoms with Crippen LogP contribution in [0.25, 0.3) is 0 Å². The first-order chi connectivity index (χ1) is 9.06. The van der Waals surface area contributed by atoms with Crippen LogP contribution in [0.5, 0.6) is 0 Å². The number of amides is 2. The molecule has 19 heavy (non-hydrogen) atoms. The van der Waals surface area contributed by atoms with E-state index in [0.29, 0.717) is 19.6 Å². The van der Waals surface area contributed by atoms with Crippen LogP contribution in [0.4, 0.5) is 4.79 Å². The van der Waals surface area contributed by atoms with Gasteiger partial charge in [-0.25, -0.2) is 4.79 Å². The molecule has 0 aliphatic carbocycles. The van der Waals surface area contributed by atoms with E-state index in [0.717, 1.165) is 26.1 Å².